The monoisotopic (exact) mass is 494 g/mol. The van der Waals surface area contributed by atoms with E-state index in [-0.39, 0.29) is 18.1 Å². The number of nitrogens with one attached hydrogen (secondary N) is 1. The molecule has 0 radical (unpaired) electrons. The van der Waals surface area contributed by atoms with Crippen LogP contribution in [0.15, 0.2) is 42.6 Å². The van der Waals surface area contributed by atoms with E-state index in [0.29, 0.717) is 27.8 Å². The number of pyridine rings is 1. The molecular weight excluding hydrogens is 464 g/mol. The number of amides is 1. The van der Waals surface area contributed by atoms with Crippen LogP contribution in [0.3, 0.4) is 0 Å². The number of hydrogen-bond donors (Lipinski definition) is 1. The molecule has 1 saturated heterocycles. The number of aryl methyl sites for hydroxylation is 1. The van der Waals surface area contributed by atoms with Crippen LogP contribution in [-0.2, 0) is 0 Å². The highest BCUT2D eigenvalue weighted by molar-refractivity contribution is 7.17. The molecule has 1 aliphatic heterocycles. The molecule has 2 fully saturated rings. The molecule has 1 saturated carbocycles. The molecule has 5 rings (SSSR count). The second-order valence-electron chi connectivity index (χ2n) is 9.06. The minimum absolute atomic E-state index is 0.0184. The van der Waals surface area contributed by atoms with Crippen LogP contribution in [0.1, 0.15) is 65.5 Å². The van der Waals surface area contributed by atoms with Crippen LogP contribution >= 0.6 is 11.3 Å². The summed E-state index contributed by atoms with van der Waals surface area (Å²) in [6.45, 7) is 2.42. The van der Waals surface area contributed by atoms with Crippen molar-refractivity contribution in [3.8, 4) is 22.2 Å². The summed E-state index contributed by atoms with van der Waals surface area (Å²) in [6.07, 6.45) is 8.00. The number of rotatable bonds is 6. The summed E-state index contributed by atoms with van der Waals surface area (Å²) in [5, 5.41) is 14.4. The molecule has 1 unspecified atom stereocenters. The molecule has 8 nitrogen and oxygen atoms in total. The van der Waals surface area contributed by atoms with E-state index in [1.807, 2.05) is 25.1 Å². The second-order valence-corrected chi connectivity index (χ2v) is 10.1. The van der Waals surface area contributed by atoms with Crippen molar-refractivity contribution in [2.75, 3.05) is 13.7 Å². The summed E-state index contributed by atoms with van der Waals surface area (Å²) < 4.78 is 12.6. The van der Waals surface area contributed by atoms with E-state index in [1.54, 1.807) is 30.3 Å². The Morgan fingerprint density at radius 3 is 2.77 bits per heavy atom. The molecule has 9 heteroatoms. The van der Waals surface area contributed by atoms with E-state index < -0.39 is 0 Å². The molecular formula is C26H30N4O4S. The van der Waals surface area contributed by atoms with Gasteiger partial charge in [0.05, 0.1) is 24.9 Å². The lowest BCUT2D eigenvalue weighted by Gasteiger charge is -2.34. The zero-order chi connectivity index (χ0) is 24.4. The smallest absolute Gasteiger partial charge is 0.279 e. The van der Waals surface area contributed by atoms with Crippen molar-refractivity contribution in [1.29, 1.82) is 0 Å². The van der Waals surface area contributed by atoms with Crippen LogP contribution in [0, 0.1) is 12.1 Å². The standard InChI is InChI=1S/C26H30N4O4S/c1-17-24(35-25(27-17)21-11-5-6-15-30(21)32)26(31)29-14-7-10-20(28-29)18-12-13-22(33-2)23(16-18)34-19-8-3-4-9-19/h5-6,11-13,15-16,19-20,28H,3-4,7-10,14H2,1-2H3. The first-order valence-electron chi connectivity index (χ1n) is 12.1. The molecule has 3 aromatic rings. The summed E-state index contributed by atoms with van der Waals surface area (Å²) in [7, 11) is 1.66. The number of hydrazine groups is 1. The molecule has 0 spiro atoms. The van der Waals surface area contributed by atoms with Gasteiger partial charge >= 0.3 is 0 Å². The van der Waals surface area contributed by atoms with Gasteiger partial charge in [-0.2, -0.15) is 4.73 Å². The van der Waals surface area contributed by atoms with Gasteiger partial charge in [0, 0.05) is 18.7 Å². The first-order chi connectivity index (χ1) is 17.0. The first kappa shape index (κ1) is 23.6. The van der Waals surface area contributed by atoms with Gasteiger partial charge in [0.25, 0.3) is 11.6 Å². The Morgan fingerprint density at radius 2 is 2.00 bits per heavy atom. The topological polar surface area (TPSA) is 90.6 Å². The Bertz CT molecular complexity index is 1210. The van der Waals surface area contributed by atoms with Crippen molar-refractivity contribution >= 4 is 17.2 Å². The van der Waals surface area contributed by atoms with E-state index in [2.05, 4.69) is 10.4 Å². The lowest BCUT2D eigenvalue weighted by atomic mass is 10.00. The van der Waals surface area contributed by atoms with Gasteiger partial charge in [-0.25, -0.2) is 10.4 Å². The van der Waals surface area contributed by atoms with E-state index in [1.165, 1.54) is 30.4 Å². The fourth-order valence-corrected chi connectivity index (χ4v) is 5.81. The van der Waals surface area contributed by atoms with Crippen LogP contribution in [-0.4, -0.2) is 35.7 Å². The van der Waals surface area contributed by atoms with E-state index in [0.717, 1.165) is 47.5 Å². The normalized spacial score (nSPS) is 18.6. The summed E-state index contributed by atoms with van der Waals surface area (Å²) in [5.41, 5.74) is 5.54. The van der Waals surface area contributed by atoms with Crippen LogP contribution in [0.4, 0.5) is 0 Å². The third-order valence-corrected chi connectivity index (χ3v) is 7.82. The zero-order valence-electron chi connectivity index (χ0n) is 20.0. The average Bonchev–Trinajstić information content (AvgIpc) is 3.53. The minimum atomic E-state index is -0.125. The quantitative estimate of drug-likeness (QED) is 0.399. The van der Waals surface area contributed by atoms with Gasteiger partial charge in [0.1, 0.15) is 4.88 Å². The van der Waals surface area contributed by atoms with Gasteiger partial charge < -0.3 is 14.7 Å². The SMILES string of the molecule is COc1ccc(C2CCCN(C(=O)c3sc(-c4cccc[n+]4[O-])nc3C)N2)cc1OC1CCCC1. The predicted molar refractivity (Wildman–Crippen MR) is 133 cm³/mol. The van der Waals surface area contributed by atoms with Crippen LogP contribution in [0.25, 0.3) is 10.7 Å². The number of aromatic nitrogens is 2. The minimum Gasteiger partial charge on any atom is -0.618 e. The number of methoxy groups -OCH3 is 1. The Labute approximate surface area is 209 Å². The Morgan fingerprint density at radius 1 is 1.17 bits per heavy atom. The van der Waals surface area contributed by atoms with Crippen molar-refractivity contribution in [3.05, 3.63) is 63.9 Å². The molecule has 1 aromatic carbocycles. The lowest BCUT2D eigenvalue weighted by molar-refractivity contribution is -0.593. The number of nitrogens with zero attached hydrogens (tertiary/aromatic N) is 3. The maximum absolute atomic E-state index is 13.4. The third-order valence-electron chi connectivity index (χ3n) is 6.65. The Hall–Kier alpha value is -3.17. The molecule has 3 heterocycles. The largest absolute Gasteiger partial charge is 0.618 e. The molecule has 184 valence electrons. The lowest BCUT2D eigenvalue weighted by Crippen LogP contribution is -2.48. The highest BCUT2D eigenvalue weighted by Crippen LogP contribution is 2.36. The molecule has 2 aromatic heterocycles. The number of hydrogen-bond acceptors (Lipinski definition) is 7. The molecule has 1 N–H and O–H groups in total. The molecule has 0 bridgehead atoms. The Balaban J connectivity index is 1.34. The number of thiazole rings is 1. The maximum Gasteiger partial charge on any atom is 0.279 e. The molecule has 1 aliphatic carbocycles. The third kappa shape index (κ3) is 4.97. The van der Waals surface area contributed by atoms with Crippen LogP contribution in [0.2, 0.25) is 0 Å². The molecule has 35 heavy (non-hydrogen) atoms. The van der Waals surface area contributed by atoms with Crippen molar-refractivity contribution in [3.63, 3.8) is 0 Å². The fourth-order valence-electron chi connectivity index (χ4n) is 4.78. The van der Waals surface area contributed by atoms with E-state index in [4.69, 9.17) is 9.47 Å². The number of benzene rings is 1. The highest BCUT2D eigenvalue weighted by atomic mass is 32.1. The number of ether oxygens (including phenoxy) is 2. The van der Waals surface area contributed by atoms with Crippen LogP contribution < -0.4 is 19.6 Å². The van der Waals surface area contributed by atoms with Crippen LogP contribution in [0.5, 0.6) is 11.5 Å². The van der Waals surface area contributed by atoms with Crippen molar-refractivity contribution in [2.45, 2.75) is 57.6 Å². The van der Waals surface area contributed by atoms with Gasteiger partial charge in [-0.1, -0.05) is 6.07 Å². The van der Waals surface area contributed by atoms with Gasteiger partial charge in [-0.15, -0.1) is 11.3 Å². The highest BCUT2D eigenvalue weighted by Gasteiger charge is 2.29. The summed E-state index contributed by atoms with van der Waals surface area (Å²) in [5.74, 6) is 1.37. The Kier molecular flexibility index (Phi) is 6.88. The summed E-state index contributed by atoms with van der Waals surface area (Å²) in [6, 6.07) is 11.2. The van der Waals surface area contributed by atoms with Crippen molar-refractivity contribution in [1.82, 2.24) is 15.4 Å². The predicted octanol–water partition coefficient (Wildman–Crippen LogP) is 4.56. The van der Waals surface area contributed by atoms with E-state index in [9.17, 15) is 10.0 Å². The fraction of sp³-hybridized carbons (Fsp3) is 0.423. The van der Waals surface area contributed by atoms with E-state index >= 15 is 0 Å². The van der Waals surface area contributed by atoms with Gasteiger partial charge in [0.15, 0.2) is 22.7 Å². The number of carbonyl (C=O) groups is 1. The summed E-state index contributed by atoms with van der Waals surface area (Å²) >= 11 is 1.25. The van der Waals surface area contributed by atoms with Gasteiger partial charge in [-0.3, -0.25) is 9.80 Å². The molecule has 1 atom stereocenters. The first-order valence-corrected chi connectivity index (χ1v) is 12.9. The zero-order valence-corrected chi connectivity index (χ0v) is 20.8. The number of carbonyl (C=O) groups excluding carboxylic acids is 1. The van der Waals surface area contributed by atoms with Crippen molar-refractivity contribution in [2.24, 2.45) is 0 Å². The van der Waals surface area contributed by atoms with Gasteiger partial charge in [-0.05, 0) is 69.2 Å². The average molecular weight is 495 g/mol. The molecule has 2 aliphatic rings. The van der Waals surface area contributed by atoms with Gasteiger partial charge in [0.2, 0.25) is 0 Å². The molecule has 1 amide bonds. The summed E-state index contributed by atoms with van der Waals surface area (Å²) in [4.78, 5) is 18.5. The van der Waals surface area contributed by atoms with Crippen molar-refractivity contribution < 1.29 is 19.0 Å². The second kappa shape index (κ2) is 10.2. The maximum atomic E-state index is 13.4.